The van der Waals surface area contributed by atoms with Crippen LogP contribution >= 0.6 is 11.8 Å². The van der Waals surface area contributed by atoms with E-state index in [2.05, 4.69) is 10.6 Å². The van der Waals surface area contributed by atoms with Gasteiger partial charge in [0.15, 0.2) is 11.5 Å². The summed E-state index contributed by atoms with van der Waals surface area (Å²) in [4.78, 5) is 23.5. The second-order valence-electron chi connectivity index (χ2n) is 5.31. The first-order valence-electron chi connectivity index (χ1n) is 7.79. The molecule has 0 heterocycles. The van der Waals surface area contributed by atoms with Gasteiger partial charge in [0, 0.05) is 12.3 Å². The number of ether oxygens (including phenoxy) is 2. The lowest BCUT2D eigenvalue weighted by atomic mass is 10.1. The summed E-state index contributed by atoms with van der Waals surface area (Å²) in [5.41, 5.74) is 2.17. The van der Waals surface area contributed by atoms with E-state index in [1.165, 1.54) is 11.8 Å². The number of amides is 2. The number of carbonyl (C=O) groups is 2. The SMILES string of the molecule is CCNC(=O)[C@H](C)NC(=O)CSCc1cc(OC)c(OC)cc1C. The van der Waals surface area contributed by atoms with Crippen molar-refractivity contribution in [3.05, 3.63) is 23.3 Å². The molecule has 24 heavy (non-hydrogen) atoms. The Morgan fingerprint density at radius 1 is 1.21 bits per heavy atom. The van der Waals surface area contributed by atoms with Crippen molar-refractivity contribution in [3.8, 4) is 11.5 Å². The Kier molecular flexibility index (Phi) is 8.46. The molecule has 0 aliphatic carbocycles. The van der Waals surface area contributed by atoms with Crippen LogP contribution < -0.4 is 20.1 Å². The van der Waals surface area contributed by atoms with Crippen molar-refractivity contribution in [1.82, 2.24) is 10.6 Å². The molecule has 0 bridgehead atoms. The number of methoxy groups -OCH3 is 2. The van der Waals surface area contributed by atoms with Gasteiger partial charge in [-0.15, -0.1) is 11.8 Å². The number of rotatable bonds is 9. The molecule has 2 amide bonds. The van der Waals surface area contributed by atoms with Gasteiger partial charge in [-0.25, -0.2) is 0 Å². The summed E-state index contributed by atoms with van der Waals surface area (Å²) in [6, 6.07) is 3.32. The fourth-order valence-corrected chi connectivity index (χ4v) is 3.01. The van der Waals surface area contributed by atoms with Crippen molar-refractivity contribution >= 4 is 23.6 Å². The van der Waals surface area contributed by atoms with Gasteiger partial charge < -0.3 is 20.1 Å². The van der Waals surface area contributed by atoms with E-state index in [9.17, 15) is 9.59 Å². The Labute approximate surface area is 147 Å². The van der Waals surface area contributed by atoms with Gasteiger partial charge in [-0.05, 0) is 44.0 Å². The van der Waals surface area contributed by atoms with Crippen LogP contribution in [-0.2, 0) is 15.3 Å². The van der Waals surface area contributed by atoms with Crippen LogP contribution in [0.5, 0.6) is 11.5 Å². The largest absolute Gasteiger partial charge is 0.493 e. The summed E-state index contributed by atoms with van der Waals surface area (Å²) in [6.07, 6.45) is 0. The Morgan fingerprint density at radius 2 is 1.83 bits per heavy atom. The number of hydrogen-bond donors (Lipinski definition) is 2. The van der Waals surface area contributed by atoms with Crippen molar-refractivity contribution in [1.29, 1.82) is 0 Å². The Morgan fingerprint density at radius 3 is 2.42 bits per heavy atom. The van der Waals surface area contributed by atoms with Crippen LogP contribution in [0.25, 0.3) is 0 Å². The number of benzene rings is 1. The summed E-state index contributed by atoms with van der Waals surface area (Å²) >= 11 is 1.49. The highest BCUT2D eigenvalue weighted by Crippen LogP contribution is 2.31. The summed E-state index contributed by atoms with van der Waals surface area (Å²) in [6.45, 7) is 6.06. The normalized spacial score (nSPS) is 11.5. The number of thioether (sulfide) groups is 1. The molecule has 1 aromatic rings. The first kappa shape index (κ1) is 20.2. The van der Waals surface area contributed by atoms with Crippen molar-refractivity contribution in [3.63, 3.8) is 0 Å². The molecule has 0 spiro atoms. The van der Waals surface area contributed by atoms with E-state index in [1.54, 1.807) is 21.1 Å². The van der Waals surface area contributed by atoms with E-state index in [-0.39, 0.29) is 17.6 Å². The van der Waals surface area contributed by atoms with Gasteiger partial charge >= 0.3 is 0 Å². The summed E-state index contributed by atoms with van der Waals surface area (Å²) in [7, 11) is 3.20. The monoisotopic (exact) mass is 354 g/mol. The van der Waals surface area contributed by atoms with Crippen molar-refractivity contribution < 1.29 is 19.1 Å². The minimum absolute atomic E-state index is 0.156. The van der Waals surface area contributed by atoms with Crippen LogP contribution in [-0.4, -0.2) is 44.4 Å². The summed E-state index contributed by atoms with van der Waals surface area (Å²) in [5, 5.41) is 5.37. The van der Waals surface area contributed by atoms with Gasteiger partial charge in [-0.3, -0.25) is 9.59 Å². The van der Waals surface area contributed by atoms with Gasteiger partial charge in [-0.2, -0.15) is 0 Å². The maximum atomic E-state index is 11.9. The van der Waals surface area contributed by atoms with E-state index in [4.69, 9.17) is 9.47 Å². The van der Waals surface area contributed by atoms with Crippen LogP contribution in [0.4, 0.5) is 0 Å². The third kappa shape index (κ3) is 5.96. The number of carbonyl (C=O) groups excluding carboxylic acids is 2. The third-order valence-corrected chi connectivity index (χ3v) is 4.44. The molecular formula is C17H26N2O4S. The Balaban J connectivity index is 2.52. The van der Waals surface area contributed by atoms with Crippen LogP contribution in [0.15, 0.2) is 12.1 Å². The maximum absolute atomic E-state index is 11.9. The first-order valence-corrected chi connectivity index (χ1v) is 8.94. The molecule has 0 radical (unpaired) electrons. The van der Waals surface area contributed by atoms with E-state index >= 15 is 0 Å². The van der Waals surface area contributed by atoms with E-state index in [0.29, 0.717) is 23.8 Å². The number of hydrogen-bond acceptors (Lipinski definition) is 5. The third-order valence-electron chi connectivity index (χ3n) is 3.45. The molecule has 0 fully saturated rings. The fourth-order valence-electron chi connectivity index (χ4n) is 2.11. The Bertz CT molecular complexity index is 578. The molecule has 1 atom stereocenters. The zero-order chi connectivity index (χ0) is 18.1. The summed E-state index contributed by atoms with van der Waals surface area (Å²) in [5.74, 6) is 2.00. The average molecular weight is 354 g/mol. The minimum Gasteiger partial charge on any atom is -0.493 e. The predicted molar refractivity (Wildman–Crippen MR) is 96.7 cm³/mol. The summed E-state index contributed by atoms with van der Waals surface area (Å²) < 4.78 is 10.6. The lowest BCUT2D eigenvalue weighted by molar-refractivity contribution is -0.127. The fraction of sp³-hybridized carbons (Fsp3) is 0.529. The lowest BCUT2D eigenvalue weighted by Crippen LogP contribution is -2.45. The first-order chi connectivity index (χ1) is 11.4. The van der Waals surface area contributed by atoms with Crippen LogP contribution in [0.3, 0.4) is 0 Å². The average Bonchev–Trinajstić information content (AvgIpc) is 2.55. The number of likely N-dealkylation sites (N-methyl/N-ethyl adjacent to an activating group) is 1. The second kappa shape index (κ2) is 10.1. The van der Waals surface area contributed by atoms with Crippen molar-refractivity contribution in [2.75, 3.05) is 26.5 Å². The van der Waals surface area contributed by atoms with Gasteiger partial charge in [0.05, 0.1) is 20.0 Å². The molecule has 134 valence electrons. The molecule has 0 aliphatic heterocycles. The molecular weight excluding hydrogens is 328 g/mol. The molecule has 7 heteroatoms. The molecule has 0 aromatic heterocycles. The molecule has 1 aromatic carbocycles. The molecule has 0 unspecified atom stereocenters. The predicted octanol–water partition coefficient (Wildman–Crippen LogP) is 1.89. The van der Waals surface area contributed by atoms with Gasteiger partial charge in [0.1, 0.15) is 6.04 Å². The van der Waals surface area contributed by atoms with Crippen molar-refractivity contribution in [2.24, 2.45) is 0 Å². The van der Waals surface area contributed by atoms with E-state index in [1.807, 2.05) is 26.0 Å². The molecule has 6 nitrogen and oxygen atoms in total. The highest BCUT2D eigenvalue weighted by Gasteiger charge is 2.15. The van der Waals surface area contributed by atoms with Crippen LogP contribution in [0, 0.1) is 6.92 Å². The van der Waals surface area contributed by atoms with Crippen LogP contribution in [0.1, 0.15) is 25.0 Å². The zero-order valence-electron chi connectivity index (χ0n) is 14.9. The smallest absolute Gasteiger partial charge is 0.242 e. The molecule has 1 rings (SSSR count). The number of nitrogens with one attached hydrogen (secondary N) is 2. The molecule has 2 N–H and O–H groups in total. The highest BCUT2D eigenvalue weighted by molar-refractivity contribution is 7.99. The zero-order valence-corrected chi connectivity index (χ0v) is 15.7. The second-order valence-corrected chi connectivity index (χ2v) is 6.30. The number of aryl methyl sites for hydroxylation is 1. The maximum Gasteiger partial charge on any atom is 0.242 e. The van der Waals surface area contributed by atoms with Gasteiger partial charge in [0.2, 0.25) is 11.8 Å². The van der Waals surface area contributed by atoms with E-state index in [0.717, 1.165) is 11.1 Å². The quantitative estimate of drug-likeness (QED) is 0.708. The van der Waals surface area contributed by atoms with Crippen LogP contribution in [0.2, 0.25) is 0 Å². The Hall–Kier alpha value is -1.89. The standard InChI is InChI=1S/C17H26N2O4S/c1-6-18-17(21)12(3)19-16(20)10-24-9-13-8-15(23-5)14(22-4)7-11(13)2/h7-8,12H,6,9-10H2,1-5H3,(H,18,21)(H,19,20)/t12-/m0/s1. The van der Waals surface area contributed by atoms with Gasteiger partial charge in [0.25, 0.3) is 0 Å². The minimum atomic E-state index is -0.527. The molecule has 0 aliphatic rings. The topological polar surface area (TPSA) is 76.7 Å². The van der Waals surface area contributed by atoms with Crippen molar-refractivity contribution in [2.45, 2.75) is 32.6 Å². The highest BCUT2D eigenvalue weighted by atomic mass is 32.2. The van der Waals surface area contributed by atoms with Gasteiger partial charge in [-0.1, -0.05) is 0 Å². The molecule has 0 saturated carbocycles. The van der Waals surface area contributed by atoms with E-state index < -0.39 is 6.04 Å². The molecule has 0 saturated heterocycles. The lowest BCUT2D eigenvalue weighted by Gasteiger charge is -2.14.